The van der Waals surface area contributed by atoms with Crippen molar-refractivity contribution in [1.29, 1.82) is 0 Å². The monoisotopic (exact) mass is 316 g/mol. The number of rotatable bonds is 4. The molecule has 0 unspecified atom stereocenters. The largest absolute Gasteiger partial charge is 0.495 e. The number of thiazole rings is 1. The van der Waals surface area contributed by atoms with E-state index in [4.69, 9.17) is 16.3 Å². The molecule has 0 radical (unpaired) electrons. The third-order valence-electron chi connectivity index (χ3n) is 2.97. The average molecular weight is 317 g/mol. The maximum atomic E-state index is 6.01. The Bertz CT molecular complexity index is 757. The van der Waals surface area contributed by atoms with Crippen LogP contribution in [-0.4, -0.2) is 12.1 Å². The first-order valence-corrected chi connectivity index (χ1v) is 7.63. The molecule has 1 heterocycles. The van der Waals surface area contributed by atoms with Gasteiger partial charge in [0, 0.05) is 16.0 Å². The van der Waals surface area contributed by atoms with Gasteiger partial charge in [0.1, 0.15) is 5.75 Å². The molecular formula is C16H13ClN2OS. The summed E-state index contributed by atoms with van der Waals surface area (Å²) in [6.45, 7) is 0. The Hall–Kier alpha value is -2.04. The van der Waals surface area contributed by atoms with Crippen molar-refractivity contribution in [3.63, 3.8) is 0 Å². The molecule has 0 atom stereocenters. The Labute approximate surface area is 132 Å². The molecule has 2 aromatic carbocycles. The van der Waals surface area contributed by atoms with Gasteiger partial charge in [-0.25, -0.2) is 4.98 Å². The van der Waals surface area contributed by atoms with Gasteiger partial charge in [0.25, 0.3) is 0 Å². The zero-order valence-electron chi connectivity index (χ0n) is 11.3. The molecule has 0 bridgehead atoms. The number of hydrogen-bond acceptors (Lipinski definition) is 4. The third-order valence-corrected chi connectivity index (χ3v) is 3.97. The standard InChI is InChI=1S/C16H13ClN2OS/c1-20-15-8-3-2-7-13(15)18-16-19-14(10-21-16)11-5-4-6-12(17)9-11/h2-10H,1H3,(H,18,19). The summed E-state index contributed by atoms with van der Waals surface area (Å²) in [5.41, 5.74) is 2.80. The first-order valence-electron chi connectivity index (χ1n) is 6.38. The van der Waals surface area contributed by atoms with Crippen LogP contribution in [0.1, 0.15) is 0 Å². The second-order valence-corrected chi connectivity index (χ2v) is 5.67. The van der Waals surface area contributed by atoms with Crippen molar-refractivity contribution >= 4 is 33.8 Å². The predicted molar refractivity (Wildman–Crippen MR) is 88.8 cm³/mol. The van der Waals surface area contributed by atoms with Gasteiger partial charge in [-0.1, -0.05) is 35.9 Å². The highest BCUT2D eigenvalue weighted by Crippen LogP contribution is 2.31. The fourth-order valence-corrected chi connectivity index (χ4v) is 2.90. The molecule has 5 heteroatoms. The lowest BCUT2D eigenvalue weighted by atomic mass is 10.2. The number of anilines is 2. The lowest BCUT2D eigenvalue weighted by Gasteiger charge is -2.08. The molecule has 106 valence electrons. The summed E-state index contributed by atoms with van der Waals surface area (Å²) in [4.78, 5) is 4.59. The van der Waals surface area contributed by atoms with Crippen molar-refractivity contribution < 1.29 is 4.74 Å². The summed E-state index contributed by atoms with van der Waals surface area (Å²) >= 11 is 7.56. The molecule has 3 aromatic rings. The topological polar surface area (TPSA) is 34.1 Å². The molecule has 1 N–H and O–H groups in total. The number of para-hydroxylation sites is 2. The molecule has 1 aromatic heterocycles. The fraction of sp³-hybridized carbons (Fsp3) is 0.0625. The van der Waals surface area contributed by atoms with Gasteiger partial charge in [-0.05, 0) is 24.3 Å². The van der Waals surface area contributed by atoms with Crippen molar-refractivity contribution in [1.82, 2.24) is 4.98 Å². The molecule has 0 spiro atoms. The van der Waals surface area contributed by atoms with Crippen LogP contribution in [0.2, 0.25) is 5.02 Å². The lowest BCUT2D eigenvalue weighted by Crippen LogP contribution is -1.93. The molecule has 21 heavy (non-hydrogen) atoms. The Balaban J connectivity index is 1.85. The van der Waals surface area contributed by atoms with Crippen LogP contribution >= 0.6 is 22.9 Å². The summed E-state index contributed by atoms with van der Waals surface area (Å²) in [7, 11) is 1.65. The number of nitrogens with one attached hydrogen (secondary N) is 1. The number of hydrogen-bond donors (Lipinski definition) is 1. The first kappa shape index (κ1) is 13.9. The van der Waals surface area contributed by atoms with E-state index in [0.29, 0.717) is 5.02 Å². The van der Waals surface area contributed by atoms with Crippen molar-refractivity contribution in [3.8, 4) is 17.0 Å². The van der Waals surface area contributed by atoms with E-state index in [1.54, 1.807) is 18.4 Å². The average Bonchev–Trinajstić information content (AvgIpc) is 2.96. The van der Waals surface area contributed by atoms with Crippen LogP contribution in [0, 0.1) is 0 Å². The van der Waals surface area contributed by atoms with E-state index in [1.165, 1.54) is 0 Å². The van der Waals surface area contributed by atoms with Crippen LogP contribution in [0.3, 0.4) is 0 Å². The minimum Gasteiger partial charge on any atom is -0.495 e. The zero-order chi connectivity index (χ0) is 14.7. The van der Waals surface area contributed by atoms with E-state index in [2.05, 4.69) is 10.3 Å². The summed E-state index contributed by atoms with van der Waals surface area (Å²) < 4.78 is 5.32. The zero-order valence-corrected chi connectivity index (χ0v) is 12.9. The second kappa shape index (κ2) is 6.16. The molecule has 3 nitrogen and oxygen atoms in total. The molecule has 3 rings (SSSR count). The lowest BCUT2D eigenvalue weighted by molar-refractivity contribution is 0.417. The van der Waals surface area contributed by atoms with Crippen molar-refractivity contribution in [3.05, 3.63) is 58.9 Å². The number of halogens is 1. The molecule has 0 fully saturated rings. The van der Waals surface area contributed by atoms with E-state index in [9.17, 15) is 0 Å². The van der Waals surface area contributed by atoms with Crippen molar-refractivity contribution in [2.75, 3.05) is 12.4 Å². The van der Waals surface area contributed by atoms with Crippen LogP contribution in [0.25, 0.3) is 11.3 Å². The molecule has 0 amide bonds. The summed E-state index contributed by atoms with van der Waals surface area (Å²) in [6.07, 6.45) is 0. The molecule has 0 saturated heterocycles. The predicted octanol–water partition coefficient (Wildman–Crippen LogP) is 5.22. The summed E-state index contributed by atoms with van der Waals surface area (Å²) in [6, 6.07) is 15.4. The van der Waals surface area contributed by atoms with Crippen LogP contribution in [0.4, 0.5) is 10.8 Å². The van der Waals surface area contributed by atoms with Gasteiger partial charge < -0.3 is 10.1 Å². The minimum absolute atomic E-state index is 0.708. The quantitative estimate of drug-likeness (QED) is 0.717. The fourth-order valence-electron chi connectivity index (χ4n) is 1.97. The Morgan fingerprint density at radius 3 is 2.81 bits per heavy atom. The number of ether oxygens (including phenoxy) is 1. The highest BCUT2D eigenvalue weighted by atomic mass is 35.5. The third kappa shape index (κ3) is 3.17. The van der Waals surface area contributed by atoms with Crippen LogP contribution < -0.4 is 10.1 Å². The van der Waals surface area contributed by atoms with E-state index in [1.807, 2.05) is 53.9 Å². The molecule has 0 aliphatic heterocycles. The van der Waals surface area contributed by atoms with E-state index in [0.717, 1.165) is 27.8 Å². The van der Waals surface area contributed by atoms with Crippen LogP contribution in [0.15, 0.2) is 53.9 Å². The van der Waals surface area contributed by atoms with Crippen molar-refractivity contribution in [2.45, 2.75) is 0 Å². The van der Waals surface area contributed by atoms with E-state index < -0.39 is 0 Å². The molecule has 0 aliphatic carbocycles. The number of methoxy groups -OCH3 is 1. The van der Waals surface area contributed by atoms with Gasteiger partial charge in [-0.3, -0.25) is 0 Å². The Morgan fingerprint density at radius 1 is 1.14 bits per heavy atom. The minimum atomic E-state index is 0.708. The number of nitrogens with zero attached hydrogens (tertiary/aromatic N) is 1. The van der Waals surface area contributed by atoms with Gasteiger partial charge in [0.2, 0.25) is 0 Å². The van der Waals surface area contributed by atoms with E-state index >= 15 is 0 Å². The molecule has 0 saturated carbocycles. The number of benzene rings is 2. The van der Waals surface area contributed by atoms with Gasteiger partial charge in [0.05, 0.1) is 18.5 Å². The summed E-state index contributed by atoms with van der Waals surface area (Å²) in [5, 5.41) is 6.80. The highest BCUT2D eigenvalue weighted by Gasteiger charge is 2.07. The smallest absolute Gasteiger partial charge is 0.187 e. The second-order valence-electron chi connectivity index (χ2n) is 4.37. The maximum Gasteiger partial charge on any atom is 0.187 e. The van der Waals surface area contributed by atoms with Gasteiger partial charge in [-0.15, -0.1) is 11.3 Å². The Kier molecular flexibility index (Phi) is 4.08. The van der Waals surface area contributed by atoms with Crippen LogP contribution in [-0.2, 0) is 0 Å². The number of aromatic nitrogens is 1. The van der Waals surface area contributed by atoms with Crippen LogP contribution in [0.5, 0.6) is 5.75 Å². The SMILES string of the molecule is COc1ccccc1Nc1nc(-c2cccc(Cl)c2)cs1. The molecule has 0 aliphatic rings. The molecular weight excluding hydrogens is 304 g/mol. The summed E-state index contributed by atoms with van der Waals surface area (Å²) in [5.74, 6) is 0.789. The first-order chi connectivity index (χ1) is 10.3. The normalized spacial score (nSPS) is 10.4. The van der Waals surface area contributed by atoms with Gasteiger partial charge >= 0.3 is 0 Å². The Morgan fingerprint density at radius 2 is 2.00 bits per heavy atom. The van der Waals surface area contributed by atoms with Crippen molar-refractivity contribution in [2.24, 2.45) is 0 Å². The van der Waals surface area contributed by atoms with Gasteiger partial charge in [-0.2, -0.15) is 0 Å². The highest BCUT2D eigenvalue weighted by molar-refractivity contribution is 7.14. The van der Waals surface area contributed by atoms with E-state index in [-0.39, 0.29) is 0 Å². The van der Waals surface area contributed by atoms with Gasteiger partial charge in [0.15, 0.2) is 5.13 Å². The maximum absolute atomic E-state index is 6.01.